The highest BCUT2D eigenvalue weighted by atomic mass is 19.4. The van der Waals surface area contributed by atoms with Crippen molar-refractivity contribution in [1.82, 2.24) is 0 Å². The molecule has 0 saturated heterocycles. The van der Waals surface area contributed by atoms with E-state index in [1.54, 1.807) is 20.8 Å². The summed E-state index contributed by atoms with van der Waals surface area (Å²) in [6, 6.07) is 0. The van der Waals surface area contributed by atoms with E-state index in [0.29, 0.717) is 30.6 Å². The van der Waals surface area contributed by atoms with Crippen LogP contribution in [0.25, 0.3) is 0 Å². The zero-order chi connectivity index (χ0) is 56.7. The molecule has 15 aliphatic rings. The van der Waals surface area contributed by atoms with Crippen molar-refractivity contribution in [3.8, 4) is 0 Å². The second kappa shape index (κ2) is 25.8. The van der Waals surface area contributed by atoms with Gasteiger partial charge in [0, 0.05) is 15.1 Å². The largest absolute Gasteiger partial charge is 0.394 e. The van der Waals surface area contributed by atoms with Crippen LogP contribution in [0.4, 0.5) is 13.2 Å². The van der Waals surface area contributed by atoms with Gasteiger partial charge >= 0.3 is 6.18 Å². The molecule has 0 aromatic carbocycles. The van der Waals surface area contributed by atoms with E-state index in [1.165, 1.54) is 142 Å². The fourth-order valence-corrected chi connectivity index (χ4v) is 15.5. The molecule has 0 nitrogen and oxygen atoms in total. The summed E-state index contributed by atoms with van der Waals surface area (Å²) in [7, 11) is 0. The van der Waals surface area contributed by atoms with Gasteiger partial charge in [0.05, 0.1) is 5.41 Å². The van der Waals surface area contributed by atoms with Crippen LogP contribution in [0.15, 0.2) is 0 Å². The SMILES string of the molecule is [2H]C([2H])(C)C1CC2CC(C2)C1.[2H]C([2H])(C)C1CC2CCC1C2.[2H]C([2H])(C)C1CCC(C)(C(F)(F)F)CC1.[2H]C([2H])(C)C1CCC(C)CC1.[2H]C1(C)CC2CC(C2)C1.[2H][C@@]1(C)CC2CCC1C2.[2H][C@@]1(C)CC2CCC1CC2. The number of hydrogen-bond acceptors (Lipinski definition) is 0. The molecule has 0 amide bonds. The highest BCUT2D eigenvalue weighted by molar-refractivity contribution is 4.91. The number of fused-ring (bicyclic) bond motifs is 11. The zero-order valence-electron chi connectivity index (χ0n) is 54.8. The van der Waals surface area contributed by atoms with Crippen molar-refractivity contribution in [3.05, 3.63) is 0 Å². The first kappa shape index (κ1) is 40.4. The van der Waals surface area contributed by atoms with Gasteiger partial charge in [-0.1, -0.05) is 139 Å². The Morgan fingerprint density at radius 2 is 0.846 bits per heavy atom. The van der Waals surface area contributed by atoms with Gasteiger partial charge in [0.15, 0.2) is 0 Å². The number of alkyl halides is 3. The Hall–Kier alpha value is -0.210. The lowest BCUT2D eigenvalue weighted by atomic mass is 9.61. The fraction of sp³-hybridized carbons (Fsp3) is 1.00. The highest BCUT2D eigenvalue weighted by Gasteiger charge is 2.52. The Morgan fingerprint density at radius 1 is 0.415 bits per heavy atom. The van der Waals surface area contributed by atoms with Crippen LogP contribution in [-0.4, -0.2) is 6.18 Å². The van der Waals surface area contributed by atoms with Gasteiger partial charge in [0.2, 0.25) is 0 Å². The van der Waals surface area contributed by atoms with Crippen molar-refractivity contribution in [2.75, 3.05) is 0 Å². The van der Waals surface area contributed by atoms with Crippen LogP contribution in [0.1, 0.15) is 289 Å². The van der Waals surface area contributed by atoms with E-state index >= 15 is 0 Å². The van der Waals surface area contributed by atoms with Crippen LogP contribution < -0.4 is 0 Å². The van der Waals surface area contributed by atoms with E-state index in [2.05, 4.69) is 27.7 Å². The van der Waals surface area contributed by atoms with Gasteiger partial charge in [0.25, 0.3) is 0 Å². The molecule has 0 aliphatic heterocycles. The third-order valence-corrected chi connectivity index (χ3v) is 20.3. The maximum atomic E-state index is 12.7. The molecule has 0 aromatic rings. The zero-order valence-corrected chi connectivity index (χ0v) is 43.8. The van der Waals surface area contributed by atoms with E-state index in [1.807, 2.05) is 0 Å². The molecule has 7 atom stereocenters. The van der Waals surface area contributed by atoms with Crippen molar-refractivity contribution in [2.45, 2.75) is 280 Å². The Bertz CT molecular complexity index is 1740. The molecule has 5 unspecified atom stereocenters. The summed E-state index contributed by atoms with van der Waals surface area (Å²) in [4.78, 5) is 0. The third-order valence-electron chi connectivity index (χ3n) is 20.3. The number of rotatable bonds is 4. The standard InChI is InChI=1S/C10H17F3.3C9H16.C9H18.2C8H14/c1-3-8-4-6-9(2,7-5-8)10(11,12)13;1-7-6-8-2-4-9(7)5-3-8;1-2-7-3-8-5-9(4-7)6-8;1-2-8-5-7-3-4-9(8)6-7;1-3-9-6-4-8(2)5-7-9;1-6-2-7-4-8(3-6)5-7;1-6-4-7-2-3-8(6)5-7/h8H,3-7H2,1-2H3;3*7-9H,2-6H2,1H3;8-9H,3-7H2,1-2H3;2*6-8H,2-5H2,1H3/t;7-,8?,9?;;;;;6-,7?,8?/m.1....1/s1/i3D2;7D;2*2D2;3D2;2*6D. The molecule has 15 aliphatic carbocycles. The van der Waals surface area contributed by atoms with Gasteiger partial charge in [-0.25, -0.2) is 0 Å². The average molecular weight is 925 g/mol. The van der Waals surface area contributed by atoms with Crippen LogP contribution in [0.3, 0.4) is 0 Å². The third kappa shape index (κ3) is 16.2. The molecule has 0 spiro atoms. The van der Waals surface area contributed by atoms with Crippen molar-refractivity contribution < 1.29 is 28.2 Å². The summed E-state index contributed by atoms with van der Waals surface area (Å²) in [5.74, 6) is 10.1. The Labute approximate surface area is 419 Å². The maximum absolute atomic E-state index is 12.7. The quantitative estimate of drug-likeness (QED) is 0.264. The molecule has 65 heavy (non-hydrogen) atoms. The van der Waals surface area contributed by atoms with Gasteiger partial charge in [-0.3, -0.25) is 0 Å². The second-order valence-corrected chi connectivity index (χ2v) is 25.4. The number of hydrogen-bond donors (Lipinski definition) is 0. The first-order chi connectivity index (χ1) is 34.7. The monoisotopic (exact) mass is 924 g/mol. The van der Waals surface area contributed by atoms with Crippen LogP contribution >= 0.6 is 0 Å². The minimum atomic E-state index is -4.15. The molecule has 0 radical (unpaired) electrons. The topological polar surface area (TPSA) is 0 Å². The molecule has 15 rings (SSSR count). The van der Waals surface area contributed by atoms with Crippen LogP contribution in [-0.2, 0) is 0 Å². The van der Waals surface area contributed by atoms with Crippen molar-refractivity contribution in [1.29, 1.82) is 0 Å². The molecule has 380 valence electrons. The van der Waals surface area contributed by atoms with Crippen molar-refractivity contribution in [2.24, 2.45) is 112 Å². The minimum Gasteiger partial charge on any atom is -0.171 e. The van der Waals surface area contributed by atoms with E-state index < -0.39 is 37.1 Å². The molecule has 15 fully saturated rings. The fourth-order valence-electron chi connectivity index (χ4n) is 15.5. The van der Waals surface area contributed by atoms with E-state index in [4.69, 9.17) is 15.1 Å². The molecule has 15 saturated carbocycles. The molecule has 3 heteroatoms. The summed E-state index contributed by atoms with van der Waals surface area (Å²) in [5, 5.41) is 0. The van der Waals surface area contributed by atoms with Gasteiger partial charge in [-0.05, 0) is 241 Å². The van der Waals surface area contributed by atoms with E-state index in [0.717, 1.165) is 97.2 Å². The Kier molecular flexibility index (Phi) is 16.0. The maximum Gasteiger partial charge on any atom is 0.394 e. The van der Waals surface area contributed by atoms with Crippen LogP contribution in [0.5, 0.6) is 0 Å². The van der Waals surface area contributed by atoms with Crippen molar-refractivity contribution in [3.63, 3.8) is 0 Å². The van der Waals surface area contributed by atoms with Gasteiger partial charge in [-0.2, -0.15) is 13.2 Å². The lowest BCUT2D eigenvalue weighted by Crippen LogP contribution is -2.38. The normalized spacial score (nSPS) is 52.4. The van der Waals surface area contributed by atoms with Gasteiger partial charge in [0.1, 0.15) is 0 Å². The molecule has 0 N–H and O–H groups in total. The van der Waals surface area contributed by atoms with Gasteiger partial charge in [-0.15, -0.1) is 0 Å². The summed E-state index contributed by atoms with van der Waals surface area (Å²) in [6.45, 7) is 16.5. The Balaban J connectivity index is 0.000000145. The predicted molar refractivity (Wildman–Crippen MR) is 275 cm³/mol. The smallest absolute Gasteiger partial charge is 0.171 e. The van der Waals surface area contributed by atoms with Crippen LogP contribution in [0.2, 0.25) is 0 Å². The Morgan fingerprint density at radius 3 is 1.12 bits per heavy atom. The predicted octanol–water partition coefficient (Wildman–Crippen LogP) is 20.8. The highest BCUT2D eigenvalue weighted by Crippen LogP contribution is 2.52. The molecule has 0 aromatic heterocycles. The van der Waals surface area contributed by atoms with Gasteiger partial charge < -0.3 is 0 Å². The first-order valence-electron chi connectivity index (χ1n) is 33.8. The lowest BCUT2D eigenvalue weighted by molar-refractivity contribution is -0.229. The van der Waals surface area contributed by atoms with E-state index in [-0.39, 0.29) is 36.4 Å². The summed E-state index contributed by atoms with van der Waals surface area (Å²) in [5.41, 5.74) is -1.60. The summed E-state index contributed by atoms with van der Waals surface area (Å²) >= 11 is 0. The average Bonchev–Trinajstić information content (AvgIpc) is 4.09. The molecular weight excluding hydrogens is 802 g/mol. The van der Waals surface area contributed by atoms with Crippen molar-refractivity contribution >= 4 is 0 Å². The second-order valence-electron chi connectivity index (χ2n) is 25.4. The minimum absolute atomic E-state index is 0.0388. The summed E-state index contributed by atoms with van der Waals surface area (Å²) in [6.07, 6.45) is 24.5. The lowest BCUT2D eigenvalue weighted by Gasteiger charge is -2.45. The number of halogens is 3. The first-order valence-corrected chi connectivity index (χ1v) is 28.3. The van der Waals surface area contributed by atoms with Crippen LogP contribution in [0, 0.1) is 112 Å². The summed E-state index contributed by atoms with van der Waals surface area (Å²) < 4.78 is 122. The molecular formula is C62H111F3. The molecule has 0 heterocycles. The molecule has 10 bridgehead atoms. The van der Waals surface area contributed by atoms with E-state index in [9.17, 15) is 13.2 Å².